The van der Waals surface area contributed by atoms with Crippen LogP contribution >= 0.6 is 11.6 Å². The maximum absolute atomic E-state index is 12.9. The maximum Gasteiger partial charge on any atom is 0.336 e. The molecule has 24 heavy (non-hydrogen) atoms. The van der Waals surface area contributed by atoms with Crippen LogP contribution < -0.4 is 4.90 Å². The lowest BCUT2D eigenvalue weighted by molar-refractivity contribution is 0.0695. The number of nitrogens with zero attached hydrogens (tertiary/aromatic N) is 2. The molecule has 6 nitrogen and oxygen atoms in total. The second-order valence-corrected chi connectivity index (χ2v) is 5.31. The summed E-state index contributed by atoms with van der Waals surface area (Å²) in [5, 5.41) is 9.45. The van der Waals surface area contributed by atoms with Crippen LogP contribution in [0.5, 0.6) is 0 Å². The molecule has 0 aliphatic carbocycles. The number of carboxylic acid groups (broad SMARTS) is 1. The normalized spacial score (nSPS) is 10.5. The van der Waals surface area contributed by atoms with Crippen molar-refractivity contribution in [1.82, 2.24) is 4.98 Å². The fourth-order valence-electron chi connectivity index (χ4n) is 2.46. The van der Waals surface area contributed by atoms with Crippen LogP contribution in [0.15, 0.2) is 36.5 Å². The number of carbonyl (C=O) groups excluding carboxylic acids is 1. The Morgan fingerprint density at radius 3 is 2.54 bits per heavy atom. The first-order valence-corrected chi connectivity index (χ1v) is 7.65. The molecule has 0 unspecified atom stereocenters. The Hall–Kier alpha value is -2.44. The average Bonchev–Trinajstić information content (AvgIpc) is 2.58. The molecule has 1 heterocycles. The zero-order chi connectivity index (χ0) is 17.7. The van der Waals surface area contributed by atoms with E-state index in [0.29, 0.717) is 17.7 Å². The van der Waals surface area contributed by atoms with Gasteiger partial charge in [-0.25, -0.2) is 9.78 Å². The molecule has 2 rings (SSSR count). The second kappa shape index (κ2) is 7.90. The quantitative estimate of drug-likeness (QED) is 0.640. The lowest BCUT2D eigenvalue weighted by Gasteiger charge is -2.25. The summed E-state index contributed by atoms with van der Waals surface area (Å²) in [5.41, 5.74) is 1.40. The van der Waals surface area contributed by atoms with E-state index in [1.807, 2.05) is 6.92 Å². The second-order valence-electron chi connectivity index (χ2n) is 4.95. The van der Waals surface area contributed by atoms with Crippen molar-refractivity contribution in [2.75, 3.05) is 18.7 Å². The number of hydrogen-bond acceptors (Lipinski definition) is 4. The molecular formula is C17H17ClN2O4. The zero-order valence-electron chi connectivity index (χ0n) is 13.3. The number of halogens is 1. The fraction of sp³-hybridized carbons (Fsp3) is 0.235. The van der Waals surface area contributed by atoms with Gasteiger partial charge in [-0.1, -0.05) is 24.6 Å². The molecule has 0 aliphatic rings. The van der Waals surface area contributed by atoms with Gasteiger partial charge < -0.3 is 9.84 Å². The molecule has 0 fully saturated rings. The number of hydrogen-bond donors (Lipinski definition) is 1. The van der Waals surface area contributed by atoms with E-state index in [0.717, 1.165) is 0 Å². The molecule has 0 atom stereocenters. The topological polar surface area (TPSA) is 79.7 Å². The molecule has 2 aromatic rings. The highest BCUT2D eigenvalue weighted by atomic mass is 35.5. The van der Waals surface area contributed by atoms with E-state index in [2.05, 4.69) is 4.98 Å². The number of methoxy groups -OCH3 is 1. The Morgan fingerprint density at radius 1 is 1.25 bits per heavy atom. The molecular weight excluding hydrogens is 332 g/mol. The van der Waals surface area contributed by atoms with Crippen LogP contribution in [0.4, 0.5) is 5.69 Å². The van der Waals surface area contributed by atoms with E-state index in [1.54, 1.807) is 24.3 Å². The molecule has 0 saturated carbocycles. The summed E-state index contributed by atoms with van der Waals surface area (Å²) in [6.07, 6.45) is 1.94. The number of anilines is 1. The molecule has 126 valence electrons. The zero-order valence-corrected chi connectivity index (χ0v) is 14.1. The number of benzene rings is 1. The standard InChI is InChI=1S/C17H17ClN2O4/c1-3-11-12(17(22)23)6-4-8-14(11)20(10-24-2)16(21)13-7-5-9-19-15(13)18/h4-9H,3,10H2,1-2H3,(H,22,23). The van der Waals surface area contributed by atoms with Gasteiger partial charge in [0.05, 0.1) is 16.8 Å². The summed E-state index contributed by atoms with van der Waals surface area (Å²) in [5.74, 6) is -1.45. The molecule has 7 heteroatoms. The lowest BCUT2D eigenvalue weighted by Crippen LogP contribution is -2.34. The molecule has 1 N–H and O–H groups in total. The number of carbonyl (C=O) groups is 2. The summed E-state index contributed by atoms with van der Waals surface area (Å²) in [6.45, 7) is 1.79. The highest BCUT2D eigenvalue weighted by Crippen LogP contribution is 2.27. The van der Waals surface area contributed by atoms with Gasteiger partial charge in [-0.3, -0.25) is 9.69 Å². The van der Waals surface area contributed by atoms with Crippen LogP contribution in [0.25, 0.3) is 0 Å². The molecule has 0 bridgehead atoms. The monoisotopic (exact) mass is 348 g/mol. The minimum atomic E-state index is -1.04. The van der Waals surface area contributed by atoms with Crippen molar-refractivity contribution >= 4 is 29.2 Å². The first kappa shape index (κ1) is 17.9. The van der Waals surface area contributed by atoms with Crippen LogP contribution in [0.1, 0.15) is 33.2 Å². The van der Waals surface area contributed by atoms with E-state index in [4.69, 9.17) is 16.3 Å². The number of carboxylic acids is 1. The Labute approximate surface area is 144 Å². The summed E-state index contributed by atoms with van der Waals surface area (Å²) in [6, 6.07) is 7.97. The molecule has 0 spiro atoms. The summed E-state index contributed by atoms with van der Waals surface area (Å²) < 4.78 is 5.13. The van der Waals surface area contributed by atoms with Crippen molar-refractivity contribution in [3.63, 3.8) is 0 Å². The summed E-state index contributed by atoms with van der Waals surface area (Å²) in [4.78, 5) is 29.6. The van der Waals surface area contributed by atoms with Gasteiger partial charge in [0.1, 0.15) is 11.9 Å². The fourth-order valence-corrected chi connectivity index (χ4v) is 2.66. The van der Waals surface area contributed by atoms with Gasteiger partial charge in [0.15, 0.2) is 0 Å². The SMILES string of the molecule is CCc1c(C(=O)O)cccc1N(COC)C(=O)c1cccnc1Cl. The third kappa shape index (κ3) is 3.55. The number of aromatic carboxylic acids is 1. The van der Waals surface area contributed by atoms with Crippen LogP contribution in [0.2, 0.25) is 5.15 Å². The first-order chi connectivity index (χ1) is 11.5. The maximum atomic E-state index is 12.9. The van der Waals surface area contributed by atoms with Crippen LogP contribution in [0.3, 0.4) is 0 Å². The number of amides is 1. The molecule has 0 saturated heterocycles. The van der Waals surface area contributed by atoms with Crippen LogP contribution in [0, 0.1) is 0 Å². The average molecular weight is 349 g/mol. The minimum Gasteiger partial charge on any atom is -0.478 e. The van der Waals surface area contributed by atoms with E-state index in [9.17, 15) is 14.7 Å². The Kier molecular flexibility index (Phi) is 5.89. The van der Waals surface area contributed by atoms with Crippen LogP contribution in [-0.4, -0.2) is 35.8 Å². The highest BCUT2D eigenvalue weighted by Gasteiger charge is 2.24. The molecule has 1 aromatic carbocycles. The van der Waals surface area contributed by atoms with Crippen LogP contribution in [-0.2, 0) is 11.2 Å². The van der Waals surface area contributed by atoms with Crippen molar-refractivity contribution < 1.29 is 19.4 Å². The van der Waals surface area contributed by atoms with E-state index in [-0.39, 0.29) is 23.0 Å². The Balaban J connectivity index is 2.56. The van der Waals surface area contributed by atoms with Gasteiger partial charge in [-0.2, -0.15) is 0 Å². The van der Waals surface area contributed by atoms with Crippen molar-refractivity contribution in [2.24, 2.45) is 0 Å². The van der Waals surface area contributed by atoms with Gasteiger partial charge >= 0.3 is 5.97 Å². The van der Waals surface area contributed by atoms with E-state index in [1.165, 1.54) is 24.3 Å². The minimum absolute atomic E-state index is 0.0415. The van der Waals surface area contributed by atoms with Gasteiger partial charge in [-0.05, 0) is 36.2 Å². The predicted octanol–water partition coefficient (Wildman–Crippen LogP) is 3.25. The third-order valence-corrected chi connectivity index (χ3v) is 3.82. The smallest absolute Gasteiger partial charge is 0.336 e. The van der Waals surface area contributed by atoms with Crippen molar-refractivity contribution in [2.45, 2.75) is 13.3 Å². The number of pyridine rings is 1. The summed E-state index contributed by atoms with van der Waals surface area (Å²) >= 11 is 6.01. The van der Waals surface area contributed by atoms with Gasteiger partial charge in [0, 0.05) is 13.3 Å². The van der Waals surface area contributed by atoms with Gasteiger partial charge in [-0.15, -0.1) is 0 Å². The molecule has 0 aliphatic heterocycles. The molecule has 1 aromatic heterocycles. The van der Waals surface area contributed by atoms with Crippen molar-refractivity contribution in [3.8, 4) is 0 Å². The highest BCUT2D eigenvalue weighted by molar-refractivity contribution is 6.33. The predicted molar refractivity (Wildman–Crippen MR) is 90.7 cm³/mol. The number of rotatable bonds is 6. The third-order valence-electron chi connectivity index (χ3n) is 3.52. The van der Waals surface area contributed by atoms with Gasteiger partial charge in [0.25, 0.3) is 5.91 Å². The van der Waals surface area contributed by atoms with Gasteiger partial charge in [0.2, 0.25) is 0 Å². The van der Waals surface area contributed by atoms with Crippen molar-refractivity contribution in [1.29, 1.82) is 0 Å². The number of aromatic nitrogens is 1. The Morgan fingerprint density at radius 2 is 1.96 bits per heavy atom. The lowest BCUT2D eigenvalue weighted by atomic mass is 10.0. The van der Waals surface area contributed by atoms with E-state index >= 15 is 0 Å². The molecule has 0 radical (unpaired) electrons. The number of ether oxygens (including phenoxy) is 1. The van der Waals surface area contributed by atoms with Crippen molar-refractivity contribution in [3.05, 3.63) is 58.4 Å². The van der Waals surface area contributed by atoms with E-state index < -0.39 is 11.9 Å². The largest absolute Gasteiger partial charge is 0.478 e. The Bertz CT molecular complexity index is 764. The molecule has 1 amide bonds. The summed E-state index contributed by atoms with van der Waals surface area (Å²) in [7, 11) is 1.46. The first-order valence-electron chi connectivity index (χ1n) is 7.27.